The lowest BCUT2D eigenvalue weighted by Crippen LogP contribution is -2.76. The number of hydrogen-bond acceptors (Lipinski definition) is 3. The van der Waals surface area contributed by atoms with Crippen LogP contribution in [0, 0.1) is 0 Å². The molecule has 4 heteroatoms. The fourth-order valence-electron chi connectivity index (χ4n) is 5.19. The number of nitrogens with zero attached hydrogens (tertiary/aromatic N) is 3. The molecule has 0 aromatic rings. The Hall–Kier alpha value is 0.0969. The molecule has 0 saturated heterocycles. The predicted molar refractivity (Wildman–Crippen MR) is 154 cm³/mol. The Bertz CT molecular complexity index is 330. The Morgan fingerprint density at radius 2 is 0.576 bits per heavy atom. The molecule has 0 aliphatic heterocycles. The molecule has 0 aliphatic rings. The smallest absolute Gasteiger partial charge is 0.289 e. The van der Waals surface area contributed by atoms with E-state index in [1.54, 1.807) is 0 Å². The van der Waals surface area contributed by atoms with Crippen molar-refractivity contribution in [2.24, 2.45) is 0 Å². The minimum absolute atomic E-state index is 1.32. The molecule has 3 nitrogen and oxygen atoms in total. The molecule has 0 bridgehead atoms. The van der Waals surface area contributed by atoms with Crippen molar-refractivity contribution in [1.82, 2.24) is 13.7 Å². The Labute approximate surface area is 212 Å². The zero-order valence-corrected chi connectivity index (χ0v) is 25.4. The van der Waals surface area contributed by atoms with E-state index in [0.29, 0.717) is 0 Å². The highest BCUT2D eigenvalue weighted by Crippen LogP contribution is 2.31. The van der Waals surface area contributed by atoms with E-state index in [-0.39, 0.29) is 0 Å². The van der Waals surface area contributed by atoms with Gasteiger partial charge in [0, 0.05) is 0 Å². The highest BCUT2D eigenvalue weighted by molar-refractivity contribution is 6.71. The average Bonchev–Trinajstić information content (AvgIpc) is 2.83. The number of unbranched alkanes of at least 4 members (excludes halogenated alkanes) is 8. The third-order valence-electron chi connectivity index (χ3n) is 7.32. The lowest BCUT2D eigenvalue weighted by molar-refractivity contribution is 0.220. The van der Waals surface area contributed by atoms with E-state index in [1.807, 2.05) is 0 Å². The lowest BCUT2D eigenvalue weighted by Gasteiger charge is -2.55. The molecular formula is C29H65N3Si. The molecular weight excluding hydrogens is 418 g/mol. The molecule has 0 heterocycles. The molecule has 0 fully saturated rings. The molecule has 0 N–H and O–H groups in total. The van der Waals surface area contributed by atoms with E-state index in [1.165, 1.54) is 142 Å². The average molecular weight is 484 g/mol. The Morgan fingerprint density at radius 1 is 0.333 bits per heavy atom. The maximum atomic E-state index is 3.13. The van der Waals surface area contributed by atoms with Gasteiger partial charge in [-0.1, -0.05) is 106 Å². The Morgan fingerprint density at radius 3 is 0.788 bits per heavy atom. The van der Waals surface area contributed by atoms with Crippen LogP contribution in [0.2, 0.25) is 6.04 Å². The highest BCUT2D eigenvalue weighted by atomic mass is 28.4. The van der Waals surface area contributed by atoms with Crippen LogP contribution in [0.5, 0.6) is 0 Å². The van der Waals surface area contributed by atoms with Crippen molar-refractivity contribution >= 4 is 8.56 Å². The third kappa shape index (κ3) is 12.6. The van der Waals surface area contributed by atoms with Gasteiger partial charge < -0.3 is 0 Å². The molecule has 200 valence electrons. The van der Waals surface area contributed by atoms with Crippen LogP contribution in [0.25, 0.3) is 0 Å². The van der Waals surface area contributed by atoms with Gasteiger partial charge in [0.1, 0.15) is 0 Å². The minimum Gasteiger partial charge on any atom is -0.299 e. The summed E-state index contributed by atoms with van der Waals surface area (Å²) in [6.07, 6.45) is 20.2. The van der Waals surface area contributed by atoms with Gasteiger partial charge in [-0.3, -0.25) is 13.7 Å². The molecule has 0 saturated carbocycles. The van der Waals surface area contributed by atoms with Crippen molar-refractivity contribution in [2.75, 3.05) is 39.3 Å². The van der Waals surface area contributed by atoms with Gasteiger partial charge in [0.25, 0.3) is 8.56 Å². The molecule has 0 amide bonds. The zero-order valence-electron chi connectivity index (χ0n) is 24.4. The van der Waals surface area contributed by atoms with E-state index in [0.717, 1.165) is 0 Å². The Kier molecular flexibility index (Phi) is 22.6. The molecule has 0 unspecified atom stereocenters. The highest BCUT2D eigenvalue weighted by Gasteiger charge is 2.49. The first-order chi connectivity index (χ1) is 16.1. The lowest BCUT2D eigenvalue weighted by atomic mass is 10.3. The topological polar surface area (TPSA) is 9.72 Å². The van der Waals surface area contributed by atoms with Gasteiger partial charge in [0.2, 0.25) is 0 Å². The van der Waals surface area contributed by atoms with Crippen LogP contribution in [-0.4, -0.2) is 61.5 Å². The van der Waals surface area contributed by atoms with Crippen molar-refractivity contribution in [2.45, 2.75) is 151 Å². The summed E-state index contributed by atoms with van der Waals surface area (Å²) in [6.45, 7) is 24.6. The number of hydrogen-bond donors (Lipinski definition) is 0. The van der Waals surface area contributed by atoms with Crippen LogP contribution in [-0.2, 0) is 0 Å². The van der Waals surface area contributed by atoms with Gasteiger partial charge in [0.05, 0.1) is 0 Å². The molecule has 0 aliphatic carbocycles. The second-order valence-electron chi connectivity index (χ2n) is 10.3. The molecule has 0 radical (unpaired) electrons. The summed E-state index contributed by atoms with van der Waals surface area (Å²) >= 11 is 0. The standard InChI is InChI=1S/C29H65N3Si/c1-8-15-22-29-33(30(23-16-9-2)24-17-10-3,31(25-18-11-4)26-19-12-5)32(27-20-13-6)28-21-14-7/h8-29H2,1-7H3. The Balaban J connectivity index is 6.58. The van der Waals surface area contributed by atoms with Crippen LogP contribution < -0.4 is 0 Å². The van der Waals surface area contributed by atoms with Gasteiger partial charge in [-0.05, 0) is 83.8 Å². The van der Waals surface area contributed by atoms with E-state index >= 15 is 0 Å². The SMILES string of the molecule is CCCCC[Si](N(CCCC)CCCC)(N(CCCC)CCCC)N(CCCC)CCCC. The van der Waals surface area contributed by atoms with Gasteiger partial charge in [-0.2, -0.15) is 0 Å². The summed E-state index contributed by atoms with van der Waals surface area (Å²) in [4.78, 5) is 0. The summed E-state index contributed by atoms with van der Waals surface area (Å²) in [7, 11) is -1.94. The zero-order chi connectivity index (χ0) is 24.8. The monoisotopic (exact) mass is 483 g/mol. The van der Waals surface area contributed by atoms with E-state index in [4.69, 9.17) is 0 Å². The van der Waals surface area contributed by atoms with Crippen molar-refractivity contribution in [3.05, 3.63) is 0 Å². The predicted octanol–water partition coefficient (Wildman–Crippen LogP) is 8.82. The molecule has 0 atom stereocenters. The molecule has 0 aromatic heterocycles. The fraction of sp³-hybridized carbons (Fsp3) is 1.00. The van der Waals surface area contributed by atoms with Crippen LogP contribution in [0.3, 0.4) is 0 Å². The molecule has 33 heavy (non-hydrogen) atoms. The quantitative estimate of drug-likeness (QED) is 0.0948. The fourth-order valence-corrected chi connectivity index (χ4v) is 11.2. The summed E-state index contributed by atoms with van der Waals surface area (Å²) in [5, 5.41) is 0. The van der Waals surface area contributed by atoms with E-state index in [2.05, 4.69) is 62.2 Å². The summed E-state index contributed by atoms with van der Waals surface area (Å²) in [5.41, 5.74) is 0. The normalized spacial score (nSPS) is 12.5. The second-order valence-corrected chi connectivity index (χ2v) is 14.3. The van der Waals surface area contributed by atoms with E-state index in [9.17, 15) is 0 Å². The van der Waals surface area contributed by atoms with Gasteiger partial charge in [-0.15, -0.1) is 0 Å². The van der Waals surface area contributed by atoms with Crippen LogP contribution >= 0.6 is 0 Å². The van der Waals surface area contributed by atoms with Crippen molar-refractivity contribution < 1.29 is 0 Å². The summed E-state index contributed by atoms with van der Waals surface area (Å²) < 4.78 is 9.39. The number of rotatable bonds is 25. The van der Waals surface area contributed by atoms with Crippen molar-refractivity contribution in [1.29, 1.82) is 0 Å². The van der Waals surface area contributed by atoms with Crippen LogP contribution in [0.4, 0.5) is 0 Å². The molecule has 0 spiro atoms. The second kappa shape index (κ2) is 22.6. The van der Waals surface area contributed by atoms with Crippen LogP contribution in [0.1, 0.15) is 145 Å². The van der Waals surface area contributed by atoms with E-state index < -0.39 is 8.56 Å². The van der Waals surface area contributed by atoms with Crippen molar-refractivity contribution in [3.8, 4) is 0 Å². The molecule has 0 rings (SSSR count). The third-order valence-corrected chi connectivity index (χ3v) is 12.7. The van der Waals surface area contributed by atoms with Crippen LogP contribution in [0.15, 0.2) is 0 Å². The molecule has 0 aromatic carbocycles. The minimum atomic E-state index is -1.94. The first kappa shape index (κ1) is 33.1. The summed E-state index contributed by atoms with van der Waals surface area (Å²) in [6, 6.07) is 1.45. The van der Waals surface area contributed by atoms with Gasteiger partial charge in [0.15, 0.2) is 0 Å². The summed E-state index contributed by atoms with van der Waals surface area (Å²) in [5.74, 6) is 0. The first-order valence-corrected chi connectivity index (χ1v) is 17.4. The maximum absolute atomic E-state index is 3.13. The van der Waals surface area contributed by atoms with Crippen molar-refractivity contribution in [3.63, 3.8) is 0 Å². The maximum Gasteiger partial charge on any atom is 0.289 e. The van der Waals surface area contributed by atoms with Gasteiger partial charge >= 0.3 is 0 Å². The largest absolute Gasteiger partial charge is 0.299 e. The van der Waals surface area contributed by atoms with Gasteiger partial charge in [-0.25, -0.2) is 0 Å². The first-order valence-electron chi connectivity index (χ1n) is 15.4.